The summed E-state index contributed by atoms with van der Waals surface area (Å²) < 4.78 is 8.40. The zero-order chi connectivity index (χ0) is 31.6. The molecule has 224 valence electrons. The molecule has 0 bridgehead atoms. The van der Waals surface area contributed by atoms with Gasteiger partial charge >= 0.3 is 0 Å². The van der Waals surface area contributed by atoms with E-state index in [4.69, 9.17) is 19.4 Å². The molecule has 4 aromatic heterocycles. The molecule has 5 heteroatoms. The molecule has 48 heavy (non-hydrogen) atoms. The van der Waals surface area contributed by atoms with Gasteiger partial charge in [0.1, 0.15) is 5.52 Å². The van der Waals surface area contributed by atoms with Crippen LogP contribution in [0.3, 0.4) is 0 Å². The summed E-state index contributed by atoms with van der Waals surface area (Å²) in [5, 5.41) is 4.61. The third kappa shape index (κ3) is 4.29. The van der Waals surface area contributed by atoms with E-state index in [2.05, 4.69) is 114 Å². The second-order valence-corrected chi connectivity index (χ2v) is 12.2. The Labute approximate surface area is 275 Å². The number of fused-ring (bicyclic) bond motifs is 6. The van der Waals surface area contributed by atoms with Gasteiger partial charge in [0.25, 0.3) is 0 Å². The molecule has 10 aromatic rings. The second-order valence-electron chi connectivity index (χ2n) is 12.2. The normalized spacial score (nSPS) is 11.8. The number of oxazole rings is 1. The monoisotopic (exact) mass is 614 g/mol. The van der Waals surface area contributed by atoms with E-state index in [1.54, 1.807) is 0 Å². The zero-order valence-corrected chi connectivity index (χ0v) is 25.7. The van der Waals surface area contributed by atoms with Crippen LogP contribution in [0.25, 0.3) is 94.1 Å². The minimum absolute atomic E-state index is 0.618. The minimum atomic E-state index is 0.618. The van der Waals surface area contributed by atoms with Gasteiger partial charge in [-0.15, -0.1) is 0 Å². The molecule has 0 aliphatic heterocycles. The van der Waals surface area contributed by atoms with Gasteiger partial charge in [-0.3, -0.25) is 9.97 Å². The topological polar surface area (TPSA) is 56.7 Å². The van der Waals surface area contributed by atoms with Crippen LogP contribution >= 0.6 is 0 Å². The summed E-state index contributed by atoms with van der Waals surface area (Å²) in [5.74, 6) is 0.618. The Bertz CT molecular complexity index is 2680. The van der Waals surface area contributed by atoms with E-state index in [-0.39, 0.29) is 0 Å². The van der Waals surface area contributed by atoms with Gasteiger partial charge in [-0.25, -0.2) is 4.98 Å². The summed E-state index contributed by atoms with van der Waals surface area (Å²) in [7, 11) is 0. The van der Waals surface area contributed by atoms with Crippen LogP contribution in [-0.4, -0.2) is 19.5 Å². The lowest BCUT2D eigenvalue weighted by atomic mass is 10.0. The van der Waals surface area contributed by atoms with Crippen molar-refractivity contribution >= 4 is 54.7 Å². The van der Waals surface area contributed by atoms with Gasteiger partial charge in [-0.05, 0) is 96.1 Å². The first-order valence-electron chi connectivity index (χ1n) is 16.0. The van der Waals surface area contributed by atoms with Crippen molar-refractivity contribution in [2.75, 3.05) is 0 Å². The summed E-state index contributed by atoms with van der Waals surface area (Å²) in [4.78, 5) is 14.2. The first-order valence-corrected chi connectivity index (χ1v) is 16.0. The van der Waals surface area contributed by atoms with Crippen LogP contribution in [0.5, 0.6) is 0 Å². The van der Waals surface area contributed by atoms with Crippen molar-refractivity contribution in [1.82, 2.24) is 19.5 Å². The molecule has 0 saturated heterocycles. The van der Waals surface area contributed by atoms with E-state index in [1.807, 2.05) is 48.8 Å². The van der Waals surface area contributed by atoms with Crippen molar-refractivity contribution in [3.8, 4) is 39.4 Å². The molecule has 0 spiro atoms. The van der Waals surface area contributed by atoms with E-state index in [9.17, 15) is 0 Å². The maximum atomic E-state index is 6.06. The Kier molecular flexibility index (Phi) is 5.81. The molecule has 0 aliphatic carbocycles. The maximum absolute atomic E-state index is 6.06. The van der Waals surface area contributed by atoms with Crippen molar-refractivity contribution in [2.24, 2.45) is 0 Å². The highest BCUT2D eigenvalue weighted by Crippen LogP contribution is 2.38. The van der Waals surface area contributed by atoms with Crippen LogP contribution in [0, 0.1) is 0 Å². The average Bonchev–Trinajstić information content (AvgIpc) is 3.73. The average molecular weight is 615 g/mol. The first-order chi connectivity index (χ1) is 23.7. The third-order valence-electron chi connectivity index (χ3n) is 9.28. The van der Waals surface area contributed by atoms with Crippen LogP contribution in [0.2, 0.25) is 0 Å². The lowest BCUT2D eigenvalue weighted by molar-refractivity contribution is 0.620. The van der Waals surface area contributed by atoms with Crippen molar-refractivity contribution in [3.05, 3.63) is 158 Å². The molecular weight excluding hydrogens is 589 g/mol. The first kappa shape index (κ1) is 26.6. The minimum Gasteiger partial charge on any atom is -0.436 e. The maximum Gasteiger partial charge on any atom is 0.227 e. The lowest BCUT2D eigenvalue weighted by Gasteiger charge is -2.10. The third-order valence-corrected chi connectivity index (χ3v) is 9.28. The largest absolute Gasteiger partial charge is 0.436 e. The Balaban J connectivity index is 1.15. The molecule has 0 amide bonds. The molecule has 0 N–H and O–H groups in total. The summed E-state index contributed by atoms with van der Waals surface area (Å²) in [6.07, 6.45) is 3.94. The van der Waals surface area contributed by atoms with E-state index in [1.165, 1.54) is 10.8 Å². The number of aromatic nitrogens is 4. The predicted molar refractivity (Wildman–Crippen MR) is 195 cm³/mol. The van der Waals surface area contributed by atoms with Crippen molar-refractivity contribution in [1.29, 1.82) is 0 Å². The Morgan fingerprint density at radius 2 is 0.958 bits per heavy atom. The quantitative estimate of drug-likeness (QED) is 0.198. The molecule has 10 rings (SSSR count). The summed E-state index contributed by atoms with van der Waals surface area (Å²) >= 11 is 0. The SMILES string of the molecule is c1ccc2ncc(-c3ccc4c(c3)c3cc(-c5cnc6ccccc6c5)ccc3n4-c3ccc(-c4nc5ccccc5o4)cc3)cc2c1. The highest BCUT2D eigenvalue weighted by molar-refractivity contribution is 6.12. The van der Waals surface area contributed by atoms with Gasteiger partial charge in [0.15, 0.2) is 5.58 Å². The van der Waals surface area contributed by atoms with Gasteiger partial charge in [-0.2, -0.15) is 0 Å². The molecule has 0 unspecified atom stereocenters. The number of benzene rings is 6. The predicted octanol–water partition coefficient (Wildman–Crippen LogP) is 11.0. The van der Waals surface area contributed by atoms with Crippen LogP contribution in [0.1, 0.15) is 0 Å². The molecular formula is C43H26N4O. The van der Waals surface area contributed by atoms with E-state index >= 15 is 0 Å². The number of hydrogen-bond donors (Lipinski definition) is 0. The van der Waals surface area contributed by atoms with Crippen LogP contribution < -0.4 is 0 Å². The summed E-state index contributed by atoms with van der Waals surface area (Å²) in [6, 6.07) is 50.7. The number of rotatable bonds is 4. The molecule has 6 aromatic carbocycles. The lowest BCUT2D eigenvalue weighted by Crippen LogP contribution is -1.94. The Morgan fingerprint density at radius 1 is 0.438 bits per heavy atom. The van der Waals surface area contributed by atoms with Crippen molar-refractivity contribution < 1.29 is 4.42 Å². The van der Waals surface area contributed by atoms with Crippen LogP contribution in [-0.2, 0) is 0 Å². The van der Waals surface area contributed by atoms with Gasteiger partial charge in [0.2, 0.25) is 5.89 Å². The van der Waals surface area contributed by atoms with Gasteiger partial charge in [0.05, 0.1) is 22.1 Å². The fourth-order valence-corrected chi connectivity index (χ4v) is 6.87. The number of hydrogen-bond acceptors (Lipinski definition) is 4. The van der Waals surface area contributed by atoms with E-state index < -0.39 is 0 Å². The second kappa shape index (κ2) is 10.5. The van der Waals surface area contributed by atoms with Gasteiger partial charge < -0.3 is 8.98 Å². The standard InChI is InChI=1S/C43H26N4O/c1-3-9-37-30(7-1)21-32(25-44-37)28-15-19-40-35(23-28)36-24-29(33-22-31-8-2-4-10-38(31)45-26-33)16-20-41(36)47(40)34-17-13-27(14-18-34)43-46-39-11-5-6-12-42(39)48-43/h1-26H. The van der Waals surface area contributed by atoms with Crippen molar-refractivity contribution in [2.45, 2.75) is 0 Å². The number of nitrogens with zero attached hydrogens (tertiary/aromatic N) is 4. The number of pyridine rings is 2. The highest BCUT2D eigenvalue weighted by Gasteiger charge is 2.16. The highest BCUT2D eigenvalue weighted by atomic mass is 16.3. The zero-order valence-electron chi connectivity index (χ0n) is 25.7. The Morgan fingerprint density at radius 3 is 1.54 bits per heavy atom. The molecule has 0 radical (unpaired) electrons. The summed E-state index contributed by atoms with van der Waals surface area (Å²) in [5.41, 5.74) is 12.3. The molecule has 0 aliphatic rings. The number of para-hydroxylation sites is 4. The molecule has 0 fully saturated rings. The smallest absolute Gasteiger partial charge is 0.227 e. The molecule has 4 heterocycles. The van der Waals surface area contributed by atoms with Gasteiger partial charge in [0, 0.05) is 56.3 Å². The molecule has 0 saturated carbocycles. The fourth-order valence-electron chi connectivity index (χ4n) is 6.87. The van der Waals surface area contributed by atoms with Crippen LogP contribution in [0.4, 0.5) is 0 Å². The fraction of sp³-hybridized carbons (Fsp3) is 0. The molecule has 0 atom stereocenters. The molecule has 5 nitrogen and oxygen atoms in total. The van der Waals surface area contributed by atoms with Crippen LogP contribution in [0.15, 0.2) is 162 Å². The Hall–Kier alpha value is -6.59. The van der Waals surface area contributed by atoms with Crippen molar-refractivity contribution in [3.63, 3.8) is 0 Å². The van der Waals surface area contributed by atoms with E-state index in [0.29, 0.717) is 5.89 Å². The van der Waals surface area contributed by atoms with E-state index in [0.717, 1.165) is 77.4 Å². The van der Waals surface area contributed by atoms with Gasteiger partial charge in [-0.1, -0.05) is 60.7 Å². The summed E-state index contributed by atoms with van der Waals surface area (Å²) in [6.45, 7) is 0.